The number of hydrogen-bond donors (Lipinski definition) is 2. The molecule has 0 saturated carbocycles. The van der Waals surface area contributed by atoms with E-state index in [0.717, 1.165) is 16.7 Å². The van der Waals surface area contributed by atoms with Gasteiger partial charge < -0.3 is 14.8 Å². The number of nitrogens with zero attached hydrogens (tertiary/aromatic N) is 2. The molecule has 190 valence electrons. The van der Waals surface area contributed by atoms with E-state index in [9.17, 15) is 13.2 Å². The van der Waals surface area contributed by atoms with Crippen LogP contribution in [0.3, 0.4) is 0 Å². The fraction of sp³-hybridized carbons (Fsp3) is 0.346. The number of aromatic nitrogens is 2. The Hall–Kier alpha value is -3.66. The maximum Gasteiger partial charge on any atom is 0.264 e. The van der Waals surface area contributed by atoms with Gasteiger partial charge in [-0.05, 0) is 55.5 Å². The Bertz CT molecular complexity index is 1390. The molecule has 0 fully saturated rings. The number of ether oxygens (including phenoxy) is 2. The topological polar surface area (TPSA) is 120 Å². The number of hydrogen-bond acceptors (Lipinski definition) is 7. The second-order valence-corrected chi connectivity index (χ2v) is 10.9. The lowest BCUT2D eigenvalue weighted by atomic mass is 9.99. The smallest absolute Gasteiger partial charge is 0.264 e. The first kappa shape index (κ1) is 25.4. The Kier molecular flexibility index (Phi) is 7.16. The molecule has 3 aromatic rings. The lowest BCUT2D eigenvalue weighted by molar-refractivity contribution is 0.0912. The third kappa shape index (κ3) is 5.28. The van der Waals surface area contributed by atoms with Crippen molar-refractivity contribution in [1.82, 2.24) is 15.3 Å². The van der Waals surface area contributed by atoms with E-state index >= 15 is 0 Å². The van der Waals surface area contributed by atoms with Gasteiger partial charge in [0.15, 0.2) is 0 Å². The Labute approximate surface area is 211 Å². The highest BCUT2D eigenvalue weighted by molar-refractivity contribution is 7.92. The van der Waals surface area contributed by atoms with E-state index in [1.807, 2.05) is 45.9 Å². The molecule has 0 spiro atoms. The number of rotatable bonds is 4. The quantitative estimate of drug-likeness (QED) is 0.542. The fourth-order valence-electron chi connectivity index (χ4n) is 4.28. The van der Waals surface area contributed by atoms with Gasteiger partial charge in [0.2, 0.25) is 11.7 Å². The molecule has 2 N–H and O–H groups in total. The first-order valence-corrected chi connectivity index (χ1v) is 13.2. The molecular weight excluding hydrogens is 480 g/mol. The number of aryl methyl sites for hydroxylation is 2. The van der Waals surface area contributed by atoms with Gasteiger partial charge in [0.05, 0.1) is 18.0 Å². The van der Waals surface area contributed by atoms with E-state index in [0.29, 0.717) is 12.1 Å². The van der Waals surface area contributed by atoms with Gasteiger partial charge in [-0.1, -0.05) is 38.1 Å². The van der Waals surface area contributed by atoms with Gasteiger partial charge in [0.1, 0.15) is 12.3 Å². The van der Waals surface area contributed by atoms with Crippen LogP contribution in [-0.4, -0.2) is 44.1 Å². The van der Waals surface area contributed by atoms with Crippen LogP contribution in [0.2, 0.25) is 0 Å². The zero-order chi connectivity index (χ0) is 26.0. The zero-order valence-electron chi connectivity index (χ0n) is 21.0. The van der Waals surface area contributed by atoms with Gasteiger partial charge in [0, 0.05) is 11.1 Å². The van der Waals surface area contributed by atoms with Crippen molar-refractivity contribution >= 4 is 21.9 Å². The van der Waals surface area contributed by atoms with Crippen molar-refractivity contribution in [2.45, 2.75) is 45.1 Å². The van der Waals surface area contributed by atoms with E-state index in [1.54, 1.807) is 6.07 Å². The van der Waals surface area contributed by atoms with Crippen LogP contribution in [0.5, 0.6) is 11.6 Å². The summed E-state index contributed by atoms with van der Waals surface area (Å²) in [6.45, 7) is 8.09. The van der Waals surface area contributed by atoms with Gasteiger partial charge in [-0.15, -0.1) is 0 Å². The minimum atomic E-state index is -4.10. The highest BCUT2D eigenvalue weighted by atomic mass is 32.2. The second kappa shape index (κ2) is 10.1. The molecule has 1 atom stereocenters. The summed E-state index contributed by atoms with van der Waals surface area (Å²) in [6, 6.07) is 11.3. The molecule has 1 aromatic heterocycles. The van der Waals surface area contributed by atoms with Crippen LogP contribution in [-0.2, 0) is 10.0 Å². The fourth-order valence-corrected chi connectivity index (χ4v) is 5.27. The maximum absolute atomic E-state index is 13.2. The lowest BCUT2D eigenvalue weighted by Gasteiger charge is -2.22. The number of fused-ring (bicyclic) bond motifs is 4. The summed E-state index contributed by atoms with van der Waals surface area (Å²) in [7, 11) is -2.62. The number of carbonyl (C=O) groups excluding carboxylic acids is 1. The third-order valence-electron chi connectivity index (χ3n) is 5.90. The molecule has 1 amide bonds. The molecule has 0 radical (unpaired) electrons. The van der Waals surface area contributed by atoms with Crippen LogP contribution in [0.1, 0.15) is 41.8 Å². The highest BCUT2D eigenvalue weighted by Gasteiger charge is 2.26. The number of anilines is 1. The lowest BCUT2D eigenvalue weighted by Crippen LogP contribution is -2.40. The standard InChI is InChI=1S/C26H30N4O5S/c1-15(2)12-19-14-35-25-23(34-5)22(21-16(3)8-6-9-17(21)4)28-26(29-25)30-36(32,33)20-11-7-10-18(13-20)24(31)27-19/h6-11,13,15,19H,12,14H2,1-5H3,(H,27,31)(H,28,29,30)/t19-/m1/s1. The highest BCUT2D eigenvalue weighted by Crippen LogP contribution is 2.39. The second-order valence-electron chi connectivity index (χ2n) is 9.25. The number of nitrogens with one attached hydrogen (secondary N) is 2. The Morgan fingerprint density at radius 1 is 1.11 bits per heavy atom. The summed E-state index contributed by atoms with van der Waals surface area (Å²) in [5.41, 5.74) is 3.29. The first-order chi connectivity index (χ1) is 17.1. The van der Waals surface area contributed by atoms with Crippen molar-refractivity contribution in [3.63, 3.8) is 0 Å². The van der Waals surface area contributed by atoms with E-state index in [1.165, 1.54) is 25.3 Å². The van der Waals surface area contributed by atoms with E-state index in [2.05, 4.69) is 20.0 Å². The predicted molar refractivity (Wildman–Crippen MR) is 137 cm³/mol. The largest absolute Gasteiger partial charge is 0.490 e. The third-order valence-corrected chi connectivity index (χ3v) is 7.23. The van der Waals surface area contributed by atoms with E-state index in [4.69, 9.17) is 9.47 Å². The Morgan fingerprint density at radius 3 is 2.47 bits per heavy atom. The summed E-state index contributed by atoms with van der Waals surface area (Å²) in [5.74, 6) is 0.0857. The SMILES string of the molecule is COc1c2nc(nc1-c1c(C)cccc1C)NS(=O)(=O)c1cccc(c1)C(=O)N[C@H](CC(C)C)CO2. The molecule has 36 heavy (non-hydrogen) atoms. The van der Waals surface area contributed by atoms with Gasteiger partial charge >= 0.3 is 0 Å². The number of methoxy groups -OCH3 is 1. The van der Waals surface area contributed by atoms with Crippen LogP contribution < -0.4 is 19.5 Å². The predicted octanol–water partition coefficient (Wildman–Crippen LogP) is 4.11. The molecule has 2 heterocycles. The minimum absolute atomic E-state index is 0.0784. The van der Waals surface area contributed by atoms with Crippen LogP contribution in [0.25, 0.3) is 11.3 Å². The normalized spacial score (nSPS) is 17.1. The van der Waals surface area contributed by atoms with Crippen LogP contribution >= 0.6 is 0 Å². The monoisotopic (exact) mass is 510 g/mol. The summed E-state index contributed by atoms with van der Waals surface area (Å²) >= 11 is 0. The Balaban J connectivity index is 1.93. The van der Waals surface area contributed by atoms with Gasteiger partial charge in [0.25, 0.3) is 21.8 Å². The summed E-state index contributed by atoms with van der Waals surface area (Å²) in [6.07, 6.45) is 0.645. The number of benzene rings is 2. The zero-order valence-corrected chi connectivity index (χ0v) is 21.8. The summed E-state index contributed by atoms with van der Waals surface area (Å²) in [4.78, 5) is 21.8. The molecule has 0 saturated heterocycles. The van der Waals surface area contributed by atoms with Gasteiger partial charge in [-0.2, -0.15) is 4.98 Å². The Morgan fingerprint density at radius 2 is 1.81 bits per heavy atom. The van der Waals surface area contributed by atoms with Gasteiger partial charge in [-0.3, -0.25) is 4.79 Å². The van der Waals surface area contributed by atoms with Crippen LogP contribution in [0, 0.1) is 19.8 Å². The molecule has 2 aromatic carbocycles. The van der Waals surface area contributed by atoms with E-state index in [-0.39, 0.29) is 52.5 Å². The van der Waals surface area contributed by atoms with Crippen molar-refractivity contribution in [3.8, 4) is 22.9 Å². The van der Waals surface area contributed by atoms with Crippen LogP contribution in [0.4, 0.5) is 5.95 Å². The number of sulfonamides is 1. The van der Waals surface area contributed by atoms with Crippen molar-refractivity contribution in [1.29, 1.82) is 0 Å². The molecule has 1 aliphatic rings. The molecule has 4 rings (SSSR count). The summed E-state index contributed by atoms with van der Waals surface area (Å²) in [5, 5.41) is 2.97. The van der Waals surface area contributed by atoms with E-state index < -0.39 is 10.0 Å². The minimum Gasteiger partial charge on any atom is -0.490 e. The molecule has 4 bridgehead atoms. The number of carbonyl (C=O) groups is 1. The van der Waals surface area contributed by atoms with Crippen molar-refractivity contribution in [3.05, 3.63) is 59.2 Å². The molecule has 1 aliphatic heterocycles. The average molecular weight is 511 g/mol. The molecule has 10 heteroatoms. The first-order valence-electron chi connectivity index (χ1n) is 11.7. The molecule has 9 nitrogen and oxygen atoms in total. The van der Waals surface area contributed by atoms with Gasteiger partial charge in [-0.25, -0.2) is 18.1 Å². The average Bonchev–Trinajstić information content (AvgIpc) is 2.81. The summed E-state index contributed by atoms with van der Waals surface area (Å²) < 4.78 is 40.7. The molecular formula is C26H30N4O5S. The van der Waals surface area contributed by atoms with Crippen molar-refractivity contribution in [2.75, 3.05) is 18.4 Å². The van der Waals surface area contributed by atoms with Crippen molar-refractivity contribution in [2.24, 2.45) is 5.92 Å². The molecule has 0 unspecified atom stereocenters. The molecule has 0 aliphatic carbocycles. The van der Waals surface area contributed by atoms with Crippen molar-refractivity contribution < 1.29 is 22.7 Å². The number of amides is 1. The maximum atomic E-state index is 13.2. The van der Waals surface area contributed by atoms with Crippen LogP contribution in [0.15, 0.2) is 47.4 Å².